The number of allylic oxidation sites excluding steroid dienone is 1. The summed E-state index contributed by atoms with van der Waals surface area (Å²) in [5, 5.41) is 26.7. The zero-order valence-electron chi connectivity index (χ0n) is 12.4. The van der Waals surface area contributed by atoms with E-state index in [2.05, 4.69) is 16.3 Å². The summed E-state index contributed by atoms with van der Waals surface area (Å²) >= 11 is 5.34. The van der Waals surface area contributed by atoms with Gasteiger partial charge in [0.25, 0.3) is 0 Å². The third kappa shape index (κ3) is 2.63. The molecule has 0 unspecified atom stereocenters. The van der Waals surface area contributed by atoms with E-state index in [9.17, 15) is 10.2 Å². The standard InChI is InChI=1S/C16H17N3O2S/c1-9-5-10(2)7-11(6-9)19-15(17-18-16(19)22)13-4-3-12(20)8-14(13)21/h4-8,12,20-21H,3H2,1-2H3,(H,18,22)/t12-/m0/s1. The Morgan fingerprint density at radius 1 is 1.27 bits per heavy atom. The van der Waals surface area contributed by atoms with Crippen LogP contribution in [0.1, 0.15) is 23.4 Å². The fraction of sp³-hybridized carbons (Fsp3) is 0.250. The van der Waals surface area contributed by atoms with Gasteiger partial charge in [-0.3, -0.25) is 9.67 Å². The lowest BCUT2D eigenvalue weighted by Gasteiger charge is -2.15. The predicted octanol–water partition coefficient (Wildman–Crippen LogP) is 3.14. The topological polar surface area (TPSA) is 74.1 Å². The van der Waals surface area contributed by atoms with E-state index in [1.165, 1.54) is 6.08 Å². The highest BCUT2D eigenvalue weighted by molar-refractivity contribution is 7.71. The minimum Gasteiger partial charge on any atom is -0.507 e. The molecule has 1 aromatic carbocycles. The van der Waals surface area contributed by atoms with E-state index in [0.29, 0.717) is 22.6 Å². The number of aromatic nitrogens is 3. The molecule has 0 saturated carbocycles. The summed E-state index contributed by atoms with van der Waals surface area (Å²) in [6.45, 7) is 4.04. The zero-order chi connectivity index (χ0) is 15.9. The van der Waals surface area contributed by atoms with Gasteiger partial charge in [-0.25, -0.2) is 0 Å². The van der Waals surface area contributed by atoms with Crippen molar-refractivity contribution in [3.63, 3.8) is 0 Å². The zero-order valence-corrected chi connectivity index (χ0v) is 13.2. The average Bonchev–Trinajstić information content (AvgIpc) is 2.79. The second-order valence-corrected chi connectivity index (χ2v) is 5.89. The van der Waals surface area contributed by atoms with Crippen molar-refractivity contribution in [2.75, 3.05) is 0 Å². The van der Waals surface area contributed by atoms with Gasteiger partial charge in [-0.1, -0.05) is 12.1 Å². The maximum absolute atomic E-state index is 10.1. The monoisotopic (exact) mass is 315 g/mol. The Labute approximate surface area is 133 Å². The molecule has 1 aliphatic carbocycles. The molecule has 114 valence electrons. The molecule has 3 rings (SSSR count). The largest absolute Gasteiger partial charge is 0.507 e. The molecule has 0 aliphatic heterocycles. The Balaban J connectivity index is 2.17. The molecule has 22 heavy (non-hydrogen) atoms. The first-order valence-corrected chi connectivity index (χ1v) is 7.42. The molecule has 0 radical (unpaired) electrons. The number of aliphatic hydroxyl groups excluding tert-OH is 2. The van der Waals surface area contributed by atoms with E-state index < -0.39 is 6.10 Å². The van der Waals surface area contributed by atoms with Gasteiger partial charge in [0.15, 0.2) is 10.6 Å². The third-order valence-electron chi connectivity index (χ3n) is 3.57. The molecule has 0 fully saturated rings. The molecule has 1 atom stereocenters. The Bertz CT molecular complexity index is 825. The highest BCUT2D eigenvalue weighted by Gasteiger charge is 2.20. The molecule has 1 heterocycles. The van der Waals surface area contributed by atoms with Crippen LogP contribution >= 0.6 is 12.2 Å². The molecule has 5 nitrogen and oxygen atoms in total. The number of aryl methyl sites for hydroxylation is 2. The van der Waals surface area contributed by atoms with Gasteiger partial charge >= 0.3 is 0 Å². The van der Waals surface area contributed by atoms with Crippen molar-refractivity contribution < 1.29 is 10.2 Å². The normalized spacial score (nSPS) is 18.0. The first-order valence-electron chi connectivity index (χ1n) is 7.01. The molecular formula is C16H17N3O2S. The number of nitrogens with zero attached hydrogens (tertiary/aromatic N) is 2. The average molecular weight is 315 g/mol. The number of aromatic amines is 1. The molecule has 0 bridgehead atoms. The summed E-state index contributed by atoms with van der Waals surface area (Å²) in [4.78, 5) is 0. The second kappa shape index (κ2) is 5.55. The van der Waals surface area contributed by atoms with Gasteiger partial charge in [0.05, 0.1) is 17.4 Å². The molecule has 0 amide bonds. The molecule has 6 heteroatoms. The van der Waals surface area contributed by atoms with Crippen molar-refractivity contribution >= 4 is 17.8 Å². The summed E-state index contributed by atoms with van der Waals surface area (Å²) in [6.07, 6.45) is 2.95. The van der Waals surface area contributed by atoms with Crippen molar-refractivity contribution in [2.24, 2.45) is 0 Å². The van der Waals surface area contributed by atoms with Crippen LogP contribution in [-0.2, 0) is 0 Å². The van der Waals surface area contributed by atoms with Crippen molar-refractivity contribution in [2.45, 2.75) is 26.4 Å². The lowest BCUT2D eigenvalue weighted by Crippen LogP contribution is -2.11. The highest BCUT2D eigenvalue weighted by Crippen LogP contribution is 2.27. The van der Waals surface area contributed by atoms with E-state index in [4.69, 9.17) is 12.2 Å². The van der Waals surface area contributed by atoms with Crippen LogP contribution in [0.5, 0.6) is 0 Å². The van der Waals surface area contributed by atoms with E-state index in [-0.39, 0.29) is 5.76 Å². The smallest absolute Gasteiger partial charge is 0.200 e. The van der Waals surface area contributed by atoms with Gasteiger partial charge in [0, 0.05) is 0 Å². The quantitative estimate of drug-likeness (QED) is 0.744. The van der Waals surface area contributed by atoms with Crippen LogP contribution < -0.4 is 0 Å². The minimum atomic E-state index is -0.666. The Morgan fingerprint density at radius 3 is 2.59 bits per heavy atom. The van der Waals surface area contributed by atoms with Gasteiger partial charge in [-0.2, -0.15) is 5.10 Å². The Hall–Kier alpha value is -2.18. The lowest BCUT2D eigenvalue weighted by molar-refractivity contribution is 0.219. The van der Waals surface area contributed by atoms with Crippen molar-refractivity contribution in [3.8, 4) is 5.69 Å². The fourth-order valence-electron chi connectivity index (χ4n) is 2.69. The number of hydrogen-bond donors (Lipinski definition) is 3. The maximum Gasteiger partial charge on any atom is 0.200 e. The fourth-order valence-corrected chi connectivity index (χ4v) is 2.92. The molecule has 0 spiro atoms. The third-order valence-corrected chi connectivity index (χ3v) is 3.84. The molecule has 1 aliphatic rings. The second-order valence-electron chi connectivity index (χ2n) is 5.51. The van der Waals surface area contributed by atoms with E-state index >= 15 is 0 Å². The maximum atomic E-state index is 10.1. The summed E-state index contributed by atoms with van der Waals surface area (Å²) in [5.41, 5.74) is 3.71. The molecule has 0 saturated heterocycles. The number of rotatable bonds is 2. The molecule has 1 aromatic heterocycles. The van der Waals surface area contributed by atoms with Crippen molar-refractivity contribution in [1.29, 1.82) is 0 Å². The van der Waals surface area contributed by atoms with Crippen LogP contribution in [-0.4, -0.2) is 31.1 Å². The van der Waals surface area contributed by atoms with E-state index in [0.717, 1.165) is 16.8 Å². The minimum absolute atomic E-state index is 0.0124. The van der Waals surface area contributed by atoms with Crippen LogP contribution in [0.3, 0.4) is 0 Å². The van der Waals surface area contributed by atoms with Gasteiger partial charge in [-0.15, -0.1) is 0 Å². The van der Waals surface area contributed by atoms with E-state index in [1.807, 2.05) is 26.0 Å². The SMILES string of the molecule is Cc1cc(C)cc(-n2c(C3=CC[C@H](O)C=C3O)n[nH]c2=S)c1. The van der Waals surface area contributed by atoms with Gasteiger partial charge in [-0.05, 0) is 61.8 Å². The summed E-state index contributed by atoms with van der Waals surface area (Å²) in [6, 6.07) is 6.11. The van der Waals surface area contributed by atoms with Crippen LogP contribution in [0.2, 0.25) is 0 Å². The van der Waals surface area contributed by atoms with Crippen molar-refractivity contribution in [1.82, 2.24) is 14.8 Å². The Kier molecular flexibility index (Phi) is 3.72. The number of aliphatic hydroxyl groups is 2. The van der Waals surface area contributed by atoms with Crippen molar-refractivity contribution in [3.05, 3.63) is 57.8 Å². The number of H-pyrrole nitrogens is 1. The Morgan fingerprint density at radius 2 is 1.95 bits per heavy atom. The summed E-state index contributed by atoms with van der Waals surface area (Å²) in [7, 11) is 0. The highest BCUT2D eigenvalue weighted by atomic mass is 32.1. The molecule has 2 aromatic rings. The first-order chi connectivity index (χ1) is 10.5. The van der Waals surface area contributed by atoms with Crippen LogP contribution in [0.4, 0.5) is 0 Å². The number of nitrogens with one attached hydrogen (secondary N) is 1. The van der Waals surface area contributed by atoms with Gasteiger partial charge in [0.2, 0.25) is 0 Å². The lowest BCUT2D eigenvalue weighted by atomic mass is 10.0. The summed E-state index contributed by atoms with van der Waals surface area (Å²) in [5.74, 6) is 0.550. The van der Waals surface area contributed by atoms with Gasteiger partial charge < -0.3 is 10.2 Å². The number of hydrogen-bond acceptors (Lipinski definition) is 4. The predicted molar refractivity (Wildman–Crippen MR) is 87.5 cm³/mol. The van der Waals surface area contributed by atoms with Crippen LogP contribution in [0.25, 0.3) is 11.3 Å². The van der Waals surface area contributed by atoms with E-state index in [1.54, 1.807) is 10.6 Å². The first kappa shape index (κ1) is 14.7. The molecule has 3 N–H and O–H groups in total. The van der Waals surface area contributed by atoms with Crippen LogP contribution in [0, 0.1) is 18.6 Å². The molecular weight excluding hydrogens is 298 g/mol. The van der Waals surface area contributed by atoms with Gasteiger partial charge in [0.1, 0.15) is 5.76 Å². The van der Waals surface area contributed by atoms with Crippen LogP contribution in [0.15, 0.2) is 36.1 Å². The number of benzene rings is 1. The summed E-state index contributed by atoms with van der Waals surface area (Å²) < 4.78 is 2.25.